The molecule has 1 aromatic carbocycles. The Morgan fingerprint density at radius 2 is 1.86 bits per heavy atom. The van der Waals surface area contributed by atoms with Gasteiger partial charge in [0.15, 0.2) is 6.29 Å². The lowest BCUT2D eigenvalue weighted by Gasteiger charge is -2.29. The Morgan fingerprint density at radius 1 is 1.05 bits per heavy atom. The predicted octanol–water partition coefficient (Wildman–Crippen LogP) is 4.45. The maximum Gasteiger partial charge on any atom is 0.157 e. The van der Waals surface area contributed by atoms with E-state index in [2.05, 4.69) is 54.6 Å². The third-order valence-corrected chi connectivity index (χ3v) is 4.37. The standard InChI is InChI=1S/C19H24O2/c1-3-8-16(9-4-1)18(17-10-5-2-6-11-17)12-13-19-20-14-7-15-21-19/h1-6,8-10,17-19H,7,11-15H2. The van der Waals surface area contributed by atoms with Gasteiger partial charge in [-0.05, 0) is 43.1 Å². The van der Waals surface area contributed by atoms with Crippen molar-refractivity contribution in [1.29, 1.82) is 0 Å². The second kappa shape index (κ2) is 7.58. The van der Waals surface area contributed by atoms with E-state index in [4.69, 9.17) is 9.47 Å². The third-order valence-electron chi connectivity index (χ3n) is 4.37. The van der Waals surface area contributed by atoms with E-state index < -0.39 is 0 Å². The summed E-state index contributed by atoms with van der Waals surface area (Å²) in [6, 6.07) is 10.9. The molecule has 3 rings (SSSR count). The minimum atomic E-state index is -0.00641. The van der Waals surface area contributed by atoms with Crippen LogP contribution in [-0.2, 0) is 9.47 Å². The number of ether oxygens (including phenoxy) is 2. The molecule has 2 nitrogen and oxygen atoms in total. The van der Waals surface area contributed by atoms with Crippen LogP contribution in [0.3, 0.4) is 0 Å². The first-order chi connectivity index (χ1) is 10.4. The Morgan fingerprint density at radius 3 is 2.57 bits per heavy atom. The van der Waals surface area contributed by atoms with Crippen LogP contribution in [0, 0.1) is 5.92 Å². The van der Waals surface area contributed by atoms with Crippen LogP contribution in [0.15, 0.2) is 54.6 Å². The van der Waals surface area contributed by atoms with Gasteiger partial charge in [0.25, 0.3) is 0 Å². The summed E-state index contributed by atoms with van der Waals surface area (Å²) >= 11 is 0. The highest BCUT2D eigenvalue weighted by atomic mass is 16.7. The molecular weight excluding hydrogens is 260 g/mol. The fraction of sp³-hybridized carbons (Fsp3) is 0.474. The fourth-order valence-electron chi connectivity index (χ4n) is 3.25. The van der Waals surface area contributed by atoms with Crippen LogP contribution in [0.25, 0.3) is 0 Å². The van der Waals surface area contributed by atoms with Crippen LogP contribution in [-0.4, -0.2) is 19.5 Å². The number of hydrogen-bond acceptors (Lipinski definition) is 2. The average Bonchev–Trinajstić information content (AvgIpc) is 2.58. The van der Waals surface area contributed by atoms with Crippen LogP contribution in [0.4, 0.5) is 0 Å². The van der Waals surface area contributed by atoms with Crippen molar-refractivity contribution in [2.45, 2.75) is 37.9 Å². The minimum absolute atomic E-state index is 0.00641. The Hall–Kier alpha value is -1.38. The highest BCUT2D eigenvalue weighted by Crippen LogP contribution is 2.35. The van der Waals surface area contributed by atoms with E-state index in [1.165, 1.54) is 5.56 Å². The molecule has 0 bridgehead atoms. The molecule has 0 spiro atoms. The van der Waals surface area contributed by atoms with Gasteiger partial charge in [0.05, 0.1) is 13.2 Å². The van der Waals surface area contributed by atoms with E-state index >= 15 is 0 Å². The molecule has 0 aromatic heterocycles. The van der Waals surface area contributed by atoms with Gasteiger partial charge in [-0.15, -0.1) is 0 Å². The van der Waals surface area contributed by atoms with E-state index in [1.807, 2.05) is 0 Å². The van der Waals surface area contributed by atoms with Crippen LogP contribution in [0.1, 0.15) is 37.2 Å². The highest BCUT2D eigenvalue weighted by Gasteiger charge is 2.23. The first-order valence-corrected chi connectivity index (χ1v) is 8.05. The Labute approximate surface area is 127 Å². The maximum atomic E-state index is 5.70. The molecule has 1 heterocycles. The Balaban J connectivity index is 1.66. The molecule has 1 aromatic rings. The van der Waals surface area contributed by atoms with Crippen LogP contribution in [0.2, 0.25) is 0 Å². The lowest BCUT2D eigenvalue weighted by Crippen LogP contribution is -2.26. The van der Waals surface area contributed by atoms with Crippen molar-refractivity contribution in [2.75, 3.05) is 13.2 Å². The SMILES string of the molecule is C1=CCC(C(CCC2OCCCO2)c2ccccc2)C=C1. The Bertz CT molecular complexity index is 472. The van der Waals surface area contributed by atoms with Crippen molar-refractivity contribution in [3.8, 4) is 0 Å². The molecule has 21 heavy (non-hydrogen) atoms. The zero-order valence-corrected chi connectivity index (χ0v) is 12.5. The van der Waals surface area contributed by atoms with E-state index in [0.29, 0.717) is 11.8 Å². The second-order valence-corrected chi connectivity index (χ2v) is 5.83. The van der Waals surface area contributed by atoms with Gasteiger partial charge in [0.1, 0.15) is 0 Å². The molecule has 0 amide bonds. The molecule has 112 valence electrons. The van der Waals surface area contributed by atoms with Gasteiger partial charge in [-0.25, -0.2) is 0 Å². The summed E-state index contributed by atoms with van der Waals surface area (Å²) in [6.45, 7) is 1.68. The summed E-state index contributed by atoms with van der Waals surface area (Å²) < 4.78 is 11.4. The average molecular weight is 284 g/mol. The van der Waals surface area contributed by atoms with Crippen molar-refractivity contribution >= 4 is 0 Å². The normalized spacial score (nSPS) is 24.1. The number of benzene rings is 1. The molecule has 2 unspecified atom stereocenters. The molecule has 0 N–H and O–H groups in total. The summed E-state index contributed by atoms with van der Waals surface area (Å²) in [5.41, 5.74) is 1.43. The lowest BCUT2D eigenvalue weighted by molar-refractivity contribution is -0.182. The lowest BCUT2D eigenvalue weighted by atomic mass is 9.79. The molecule has 1 fully saturated rings. The van der Waals surface area contributed by atoms with Crippen molar-refractivity contribution in [1.82, 2.24) is 0 Å². The number of allylic oxidation sites excluding steroid dienone is 4. The quantitative estimate of drug-likeness (QED) is 0.795. The van der Waals surface area contributed by atoms with Gasteiger partial charge in [-0.1, -0.05) is 54.6 Å². The topological polar surface area (TPSA) is 18.5 Å². The van der Waals surface area contributed by atoms with Gasteiger partial charge in [0.2, 0.25) is 0 Å². The first kappa shape index (κ1) is 14.6. The Kier molecular flexibility index (Phi) is 5.25. The van der Waals surface area contributed by atoms with Gasteiger partial charge in [-0.3, -0.25) is 0 Å². The van der Waals surface area contributed by atoms with Gasteiger partial charge >= 0.3 is 0 Å². The molecule has 2 atom stereocenters. The molecule has 1 aliphatic carbocycles. The third kappa shape index (κ3) is 4.05. The highest BCUT2D eigenvalue weighted by molar-refractivity contribution is 5.24. The number of hydrogen-bond donors (Lipinski definition) is 0. The van der Waals surface area contributed by atoms with E-state index in [-0.39, 0.29) is 6.29 Å². The molecule has 0 saturated carbocycles. The predicted molar refractivity (Wildman–Crippen MR) is 85.1 cm³/mol. The van der Waals surface area contributed by atoms with E-state index in [9.17, 15) is 0 Å². The maximum absolute atomic E-state index is 5.70. The molecule has 1 aliphatic heterocycles. The first-order valence-electron chi connectivity index (χ1n) is 8.05. The summed E-state index contributed by atoms with van der Waals surface area (Å²) in [7, 11) is 0. The second-order valence-electron chi connectivity index (χ2n) is 5.83. The smallest absolute Gasteiger partial charge is 0.157 e. The van der Waals surface area contributed by atoms with Gasteiger partial charge in [0, 0.05) is 0 Å². The monoisotopic (exact) mass is 284 g/mol. The minimum Gasteiger partial charge on any atom is -0.353 e. The van der Waals surface area contributed by atoms with E-state index in [1.54, 1.807) is 0 Å². The molecule has 0 radical (unpaired) electrons. The van der Waals surface area contributed by atoms with Crippen molar-refractivity contribution in [2.24, 2.45) is 5.92 Å². The van der Waals surface area contributed by atoms with Crippen LogP contribution in [0.5, 0.6) is 0 Å². The molecule has 2 aliphatic rings. The van der Waals surface area contributed by atoms with E-state index in [0.717, 1.165) is 38.9 Å². The van der Waals surface area contributed by atoms with Crippen molar-refractivity contribution in [3.63, 3.8) is 0 Å². The van der Waals surface area contributed by atoms with Crippen LogP contribution < -0.4 is 0 Å². The zero-order valence-electron chi connectivity index (χ0n) is 12.5. The fourth-order valence-corrected chi connectivity index (χ4v) is 3.25. The van der Waals surface area contributed by atoms with Crippen molar-refractivity contribution in [3.05, 3.63) is 60.2 Å². The summed E-state index contributed by atoms with van der Waals surface area (Å²) in [6.07, 6.45) is 13.2. The van der Waals surface area contributed by atoms with Gasteiger partial charge < -0.3 is 9.47 Å². The summed E-state index contributed by atoms with van der Waals surface area (Å²) in [5.74, 6) is 1.13. The van der Waals surface area contributed by atoms with Gasteiger partial charge in [-0.2, -0.15) is 0 Å². The number of rotatable bonds is 5. The van der Waals surface area contributed by atoms with Crippen LogP contribution >= 0.6 is 0 Å². The summed E-state index contributed by atoms with van der Waals surface area (Å²) in [4.78, 5) is 0. The summed E-state index contributed by atoms with van der Waals surface area (Å²) in [5, 5.41) is 0. The van der Waals surface area contributed by atoms with Crippen molar-refractivity contribution < 1.29 is 9.47 Å². The zero-order chi connectivity index (χ0) is 14.3. The molecular formula is C19H24O2. The molecule has 2 heteroatoms. The largest absolute Gasteiger partial charge is 0.353 e. The molecule has 1 saturated heterocycles.